The Morgan fingerprint density at radius 1 is 1.38 bits per heavy atom. The molecule has 0 fully saturated rings. The molecule has 0 bridgehead atoms. The zero-order chi connectivity index (χ0) is 18.3. The molecule has 0 amide bonds. The zero-order valence-corrected chi connectivity index (χ0v) is 15.8. The van der Waals surface area contributed by atoms with Gasteiger partial charge in [0.25, 0.3) is 11.2 Å². The Bertz CT molecular complexity index is 1040. The van der Waals surface area contributed by atoms with Crippen LogP contribution in [0, 0.1) is 16.0 Å². The third-order valence-corrected chi connectivity index (χ3v) is 6.81. The van der Waals surface area contributed by atoms with Crippen LogP contribution in [0.2, 0.25) is 0 Å². The molecule has 0 radical (unpaired) electrons. The largest absolute Gasteiger partial charge is 0.309 e. The van der Waals surface area contributed by atoms with E-state index in [4.69, 9.17) is 0 Å². The summed E-state index contributed by atoms with van der Waals surface area (Å²) in [5.41, 5.74) is 1.20. The molecule has 3 aromatic rings. The number of nitro benzene ring substituents is 1. The van der Waals surface area contributed by atoms with E-state index in [2.05, 4.69) is 16.9 Å². The molecule has 1 aliphatic rings. The number of H-pyrrole nitrogens is 1. The van der Waals surface area contributed by atoms with Gasteiger partial charge >= 0.3 is 0 Å². The number of aromatic amines is 1. The van der Waals surface area contributed by atoms with Crippen molar-refractivity contribution in [3.8, 4) is 0 Å². The van der Waals surface area contributed by atoms with Crippen LogP contribution in [0.5, 0.6) is 0 Å². The van der Waals surface area contributed by atoms with E-state index in [1.807, 2.05) is 0 Å². The van der Waals surface area contributed by atoms with E-state index < -0.39 is 4.92 Å². The molecule has 0 spiro atoms. The Kier molecular flexibility index (Phi) is 4.54. The van der Waals surface area contributed by atoms with Crippen molar-refractivity contribution in [3.63, 3.8) is 0 Å². The Labute approximate surface area is 157 Å². The van der Waals surface area contributed by atoms with Crippen LogP contribution in [0.25, 0.3) is 10.2 Å². The number of fused-ring (bicyclic) bond motifs is 3. The number of rotatable bonds is 4. The maximum atomic E-state index is 12.6. The van der Waals surface area contributed by atoms with Gasteiger partial charge in [-0.05, 0) is 42.9 Å². The highest BCUT2D eigenvalue weighted by molar-refractivity contribution is 7.98. The van der Waals surface area contributed by atoms with E-state index >= 15 is 0 Å². The first-order valence-corrected chi connectivity index (χ1v) is 10.2. The lowest BCUT2D eigenvalue weighted by atomic mass is 9.89. The van der Waals surface area contributed by atoms with Gasteiger partial charge in [0.15, 0.2) is 0 Å². The maximum Gasteiger partial charge on any atom is 0.269 e. The number of aromatic nitrogens is 2. The average Bonchev–Trinajstić information content (AvgIpc) is 2.98. The van der Waals surface area contributed by atoms with Gasteiger partial charge in [-0.1, -0.05) is 6.92 Å². The van der Waals surface area contributed by atoms with Crippen LogP contribution in [0.15, 0.2) is 34.0 Å². The standard InChI is InChI=1S/C18H17N3O3S2/c1-10-2-7-13-14(8-10)26-18-16(13)17(22)19-15(20-18)9-25-12-5-3-11(4-6-12)21(23)24/h3-6,10H,2,7-9H2,1H3,(H,19,20,22)/t10-/m0/s1. The van der Waals surface area contributed by atoms with Gasteiger partial charge in [-0.3, -0.25) is 14.9 Å². The minimum Gasteiger partial charge on any atom is -0.309 e. The second-order valence-electron chi connectivity index (χ2n) is 6.58. The van der Waals surface area contributed by atoms with Gasteiger partial charge in [0.1, 0.15) is 10.7 Å². The zero-order valence-electron chi connectivity index (χ0n) is 14.2. The third-order valence-electron chi connectivity index (χ3n) is 4.64. The van der Waals surface area contributed by atoms with Crippen molar-refractivity contribution in [1.29, 1.82) is 0 Å². The van der Waals surface area contributed by atoms with E-state index in [0.29, 0.717) is 17.5 Å². The number of thiophene rings is 1. The SMILES string of the molecule is C[C@H]1CCc2c(sc3nc(CSc4ccc([N+](=O)[O-])cc4)[nH]c(=O)c23)C1. The van der Waals surface area contributed by atoms with Gasteiger partial charge in [0, 0.05) is 21.9 Å². The summed E-state index contributed by atoms with van der Waals surface area (Å²) in [7, 11) is 0. The number of nitro groups is 1. The number of benzene rings is 1. The number of thioether (sulfide) groups is 1. The summed E-state index contributed by atoms with van der Waals surface area (Å²) in [6, 6.07) is 6.39. The summed E-state index contributed by atoms with van der Waals surface area (Å²) in [4.78, 5) is 33.5. The van der Waals surface area contributed by atoms with E-state index in [0.717, 1.165) is 34.4 Å². The smallest absolute Gasteiger partial charge is 0.269 e. The van der Waals surface area contributed by atoms with Gasteiger partial charge in [-0.2, -0.15) is 0 Å². The molecule has 6 nitrogen and oxygen atoms in total. The van der Waals surface area contributed by atoms with E-state index in [-0.39, 0.29) is 11.2 Å². The summed E-state index contributed by atoms with van der Waals surface area (Å²) in [6.07, 6.45) is 3.11. The highest BCUT2D eigenvalue weighted by Crippen LogP contribution is 2.35. The summed E-state index contributed by atoms with van der Waals surface area (Å²) in [5, 5.41) is 11.5. The molecule has 26 heavy (non-hydrogen) atoms. The van der Waals surface area contributed by atoms with Crippen LogP contribution < -0.4 is 5.56 Å². The molecule has 2 aromatic heterocycles. The topological polar surface area (TPSA) is 88.9 Å². The molecule has 1 N–H and O–H groups in total. The first-order chi connectivity index (χ1) is 12.5. The number of aryl methyl sites for hydroxylation is 1. The summed E-state index contributed by atoms with van der Waals surface area (Å²) >= 11 is 3.14. The molecule has 8 heteroatoms. The summed E-state index contributed by atoms with van der Waals surface area (Å²) in [5.74, 6) is 1.81. The summed E-state index contributed by atoms with van der Waals surface area (Å²) in [6.45, 7) is 2.25. The molecule has 1 aromatic carbocycles. The fourth-order valence-electron chi connectivity index (χ4n) is 3.28. The van der Waals surface area contributed by atoms with E-state index in [9.17, 15) is 14.9 Å². The monoisotopic (exact) mass is 387 g/mol. The van der Waals surface area contributed by atoms with E-state index in [1.165, 1.54) is 34.3 Å². The summed E-state index contributed by atoms with van der Waals surface area (Å²) < 4.78 is 0. The first-order valence-electron chi connectivity index (χ1n) is 8.42. The van der Waals surface area contributed by atoms with Crippen molar-refractivity contribution in [2.45, 2.75) is 36.8 Å². The van der Waals surface area contributed by atoms with Gasteiger partial charge < -0.3 is 4.98 Å². The molecule has 0 unspecified atom stereocenters. The highest BCUT2D eigenvalue weighted by atomic mass is 32.2. The lowest BCUT2D eigenvalue weighted by molar-refractivity contribution is -0.384. The molecule has 0 saturated carbocycles. The van der Waals surface area contributed by atoms with Crippen molar-refractivity contribution >= 4 is 39.0 Å². The van der Waals surface area contributed by atoms with Gasteiger partial charge in [-0.15, -0.1) is 23.1 Å². The molecule has 134 valence electrons. The van der Waals surface area contributed by atoms with Crippen molar-refractivity contribution in [2.75, 3.05) is 0 Å². The quantitative estimate of drug-likeness (QED) is 0.409. The van der Waals surface area contributed by atoms with Crippen LogP contribution in [0.3, 0.4) is 0 Å². The Morgan fingerprint density at radius 2 is 2.15 bits per heavy atom. The van der Waals surface area contributed by atoms with E-state index in [1.54, 1.807) is 23.5 Å². The molecule has 1 aliphatic carbocycles. The predicted octanol–water partition coefficient (Wildman–Crippen LogP) is 4.31. The van der Waals surface area contributed by atoms with Crippen molar-refractivity contribution in [1.82, 2.24) is 9.97 Å². The van der Waals surface area contributed by atoms with Crippen LogP contribution in [-0.2, 0) is 18.6 Å². The second kappa shape index (κ2) is 6.85. The Balaban J connectivity index is 1.57. The molecular formula is C18H17N3O3S2. The minimum absolute atomic E-state index is 0.0543. The maximum absolute atomic E-state index is 12.6. The van der Waals surface area contributed by atoms with Crippen LogP contribution in [-0.4, -0.2) is 14.9 Å². The predicted molar refractivity (Wildman–Crippen MR) is 104 cm³/mol. The lowest BCUT2D eigenvalue weighted by Crippen LogP contribution is -2.14. The molecule has 0 saturated heterocycles. The fraction of sp³-hybridized carbons (Fsp3) is 0.333. The molecule has 4 rings (SSSR count). The fourth-order valence-corrected chi connectivity index (χ4v) is 5.45. The number of nitrogens with zero attached hydrogens (tertiary/aromatic N) is 2. The number of non-ortho nitro benzene ring substituents is 1. The average molecular weight is 387 g/mol. The first kappa shape index (κ1) is 17.2. The van der Waals surface area contributed by atoms with Crippen LogP contribution >= 0.6 is 23.1 Å². The minimum atomic E-state index is -0.416. The van der Waals surface area contributed by atoms with Gasteiger partial charge in [0.2, 0.25) is 0 Å². The van der Waals surface area contributed by atoms with Crippen LogP contribution in [0.1, 0.15) is 29.6 Å². The lowest BCUT2D eigenvalue weighted by Gasteiger charge is -2.17. The second-order valence-corrected chi connectivity index (χ2v) is 8.72. The molecular weight excluding hydrogens is 370 g/mol. The Hall–Kier alpha value is -2.19. The Morgan fingerprint density at radius 3 is 2.88 bits per heavy atom. The third kappa shape index (κ3) is 3.26. The van der Waals surface area contributed by atoms with Crippen LogP contribution in [0.4, 0.5) is 5.69 Å². The van der Waals surface area contributed by atoms with Gasteiger partial charge in [-0.25, -0.2) is 4.98 Å². The number of nitrogens with one attached hydrogen (secondary N) is 1. The normalized spacial score (nSPS) is 16.6. The van der Waals surface area contributed by atoms with Gasteiger partial charge in [0.05, 0.1) is 16.1 Å². The number of hydrogen-bond acceptors (Lipinski definition) is 6. The molecule has 0 aliphatic heterocycles. The molecule has 2 heterocycles. The van der Waals surface area contributed by atoms with Crippen molar-refractivity contribution in [2.24, 2.45) is 5.92 Å². The van der Waals surface area contributed by atoms with Crippen molar-refractivity contribution < 1.29 is 4.92 Å². The highest BCUT2D eigenvalue weighted by Gasteiger charge is 2.23. The van der Waals surface area contributed by atoms with Crippen molar-refractivity contribution in [3.05, 3.63) is 61.0 Å². The number of hydrogen-bond donors (Lipinski definition) is 1. The molecule has 1 atom stereocenters.